The Bertz CT molecular complexity index is 525. The van der Waals surface area contributed by atoms with Crippen molar-refractivity contribution in [1.82, 2.24) is 9.55 Å². The second-order valence-corrected chi connectivity index (χ2v) is 3.98. The first-order valence-corrected chi connectivity index (χ1v) is 5.75. The third-order valence-corrected chi connectivity index (χ3v) is 2.50. The summed E-state index contributed by atoms with van der Waals surface area (Å²) in [6.07, 6.45) is 1.86. The highest BCUT2D eigenvalue weighted by Crippen LogP contribution is 2.17. The van der Waals surface area contributed by atoms with Gasteiger partial charge in [-0.15, -0.1) is 0 Å². The lowest BCUT2D eigenvalue weighted by Gasteiger charge is -2.09. The predicted octanol–water partition coefficient (Wildman–Crippen LogP) is 2.38. The molecule has 0 spiro atoms. The number of aromatic nitrogens is 2. The van der Waals surface area contributed by atoms with Gasteiger partial charge in [-0.1, -0.05) is 6.07 Å². The number of ether oxygens (including phenoxy) is 1. The Kier molecular flexibility index (Phi) is 3.94. The van der Waals surface area contributed by atoms with Gasteiger partial charge in [0.15, 0.2) is 0 Å². The zero-order valence-electron chi connectivity index (χ0n) is 10.5. The van der Waals surface area contributed by atoms with Gasteiger partial charge in [0.05, 0.1) is 18.0 Å². The molecule has 0 bridgehead atoms. The highest BCUT2D eigenvalue weighted by molar-refractivity contribution is 5.43. The molecular weight excluding hydrogens is 233 g/mol. The molecular formula is C13H16FN3O. The van der Waals surface area contributed by atoms with E-state index in [1.165, 1.54) is 12.1 Å². The predicted molar refractivity (Wildman–Crippen MR) is 68.6 cm³/mol. The molecule has 0 saturated heterocycles. The molecule has 4 nitrogen and oxygen atoms in total. The summed E-state index contributed by atoms with van der Waals surface area (Å²) in [6.45, 7) is 3.15. The van der Waals surface area contributed by atoms with Crippen molar-refractivity contribution >= 4 is 5.95 Å². The lowest BCUT2D eigenvalue weighted by atomic mass is 10.3. The minimum atomic E-state index is -0.262. The molecule has 5 heteroatoms. The average molecular weight is 249 g/mol. The van der Waals surface area contributed by atoms with Crippen molar-refractivity contribution in [3.8, 4) is 5.69 Å². The van der Waals surface area contributed by atoms with E-state index in [9.17, 15) is 4.39 Å². The summed E-state index contributed by atoms with van der Waals surface area (Å²) in [5.74, 6) is 0.428. The lowest BCUT2D eigenvalue weighted by Crippen LogP contribution is -2.11. The van der Waals surface area contributed by atoms with Crippen LogP contribution in [0.15, 0.2) is 30.5 Å². The van der Waals surface area contributed by atoms with E-state index in [4.69, 9.17) is 4.74 Å². The first-order chi connectivity index (χ1) is 8.70. The SMILES string of the molecule is COCCNc1nc(C)cn1-c1cccc(F)c1. The normalized spacial score (nSPS) is 10.6. The van der Waals surface area contributed by atoms with Crippen LogP contribution in [-0.2, 0) is 4.74 Å². The van der Waals surface area contributed by atoms with E-state index in [0.717, 1.165) is 11.4 Å². The van der Waals surface area contributed by atoms with Crippen LogP contribution in [0.1, 0.15) is 5.69 Å². The maximum atomic E-state index is 13.2. The summed E-state index contributed by atoms with van der Waals surface area (Å²) in [5, 5.41) is 3.16. The number of imidazole rings is 1. The van der Waals surface area contributed by atoms with Crippen molar-refractivity contribution in [2.75, 3.05) is 25.6 Å². The highest BCUT2D eigenvalue weighted by atomic mass is 19.1. The van der Waals surface area contributed by atoms with Crippen molar-refractivity contribution in [1.29, 1.82) is 0 Å². The van der Waals surface area contributed by atoms with Crippen LogP contribution in [0.3, 0.4) is 0 Å². The molecule has 1 heterocycles. The Morgan fingerprint density at radius 1 is 1.44 bits per heavy atom. The Morgan fingerprint density at radius 3 is 3.00 bits per heavy atom. The van der Waals surface area contributed by atoms with Gasteiger partial charge in [-0.05, 0) is 25.1 Å². The molecule has 0 aliphatic rings. The zero-order chi connectivity index (χ0) is 13.0. The van der Waals surface area contributed by atoms with Crippen LogP contribution in [-0.4, -0.2) is 29.8 Å². The summed E-state index contributed by atoms with van der Waals surface area (Å²) in [7, 11) is 1.64. The van der Waals surface area contributed by atoms with Gasteiger partial charge in [0.25, 0.3) is 0 Å². The van der Waals surface area contributed by atoms with Gasteiger partial charge < -0.3 is 10.1 Å². The van der Waals surface area contributed by atoms with Crippen LogP contribution >= 0.6 is 0 Å². The Labute approximate surface area is 105 Å². The van der Waals surface area contributed by atoms with Gasteiger partial charge in [0.1, 0.15) is 5.82 Å². The molecule has 1 aromatic heterocycles. The van der Waals surface area contributed by atoms with Gasteiger partial charge in [0.2, 0.25) is 5.95 Å². The van der Waals surface area contributed by atoms with Crippen LogP contribution in [0.2, 0.25) is 0 Å². The maximum absolute atomic E-state index is 13.2. The molecule has 96 valence electrons. The highest BCUT2D eigenvalue weighted by Gasteiger charge is 2.07. The fourth-order valence-electron chi connectivity index (χ4n) is 1.71. The van der Waals surface area contributed by atoms with Gasteiger partial charge in [-0.25, -0.2) is 9.37 Å². The van der Waals surface area contributed by atoms with Gasteiger partial charge in [-0.3, -0.25) is 4.57 Å². The van der Waals surface area contributed by atoms with Crippen molar-refractivity contribution in [3.05, 3.63) is 42.0 Å². The summed E-state index contributed by atoms with van der Waals surface area (Å²) in [6, 6.07) is 6.42. The number of halogens is 1. The fourth-order valence-corrected chi connectivity index (χ4v) is 1.71. The number of anilines is 1. The summed E-state index contributed by atoms with van der Waals surface area (Å²) in [4.78, 5) is 4.36. The molecule has 1 aromatic carbocycles. The van der Waals surface area contributed by atoms with Crippen molar-refractivity contribution < 1.29 is 9.13 Å². The first-order valence-electron chi connectivity index (χ1n) is 5.75. The van der Waals surface area contributed by atoms with Gasteiger partial charge in [0, 0.05) is 19.9 Å². The summed E-state index contributed by atoms with van der Waals surface area (Å²) in [5.41, 5.74) is 1.62. The molecule has 2 rings (SSSR count). The number of nitrogens with zero attached hydrogens (tertiary/aromatic N) is 2. The Morgan fingerprint density at radius 2 is 2.28 bits per heavy atom. The minimum absolute atomic E-state index is 0.262. The molecule has 0 amide bonds. The molecule has 0 aliphatic carbocycles. The third-order valence-electron chi connectivity index (χ3n) is 2.50. The quantitative estimate of drug-likeness (QED) is 0.827. The average Bonchev–Trinajstić information content (AvgIpc) is 2.71. The summed E-state index contributed by atoms with van der Waals surface area (Å²) < 4.78 is 20.0. The summed E-state index contributed by atoms with van der Waals surface area (Å²) >= 11 is 0. The monoisotopic (exact) mass is 249 g/mol. The number of nitrogens with one attached hydrogen (secondary N) is 1. The van der Waals surface area contributed by atoms with Crippen LogP contribution in [0.5, 0.6) is 0 Å². The molecule has 0 radical (unpaired) electrons. The number of benzene rings is 1. The minimum Gasteiger partial charge on any atom is -0.383 e. The topological polar surface area (TPSA) is 39.1 Å². The number of aryl methyl sites for hydroxylation is 1. The van der Waals surface area contributed by atoms with Gasteiger partial charge in [-0.2, -0.15) is 0 Å². The van der Waals surface area contributed by atoms with E-state index >= 15 is 0 Å². The molecule has 0 saturated carbocycles. The molecule has 0 aliphatic heterocycles. The lowest BCUT2D eigenvalue weighted by molar-refractivity contribution is 0.210. The molecule has 0 fully saturated rings. The van der Waals surface area contributed by atoms with Crippen molar-refractivity contribution in [2.45, 2.75) is 6.92 Å². The fraction of sp³-hybridized carbons (Fsp3) is 0.308. The van der Waals surface area contributed by atoms with E-state index in [1.807, 2.05) is 23.8 Å². The molecule has 18 heavy (non-hydrogen) atoms. The second-order valence-electron chi connectivity index (χ2n) is 3.98. The van der Waals surface area contributed by atoms with E-state index in [-0.39, 0.29) is 5.82 Å². The standard InChI is InChI=1S/C13H16FN3O/c1-10-9-17(12-5-3-4-11(14)8-12)13(16-10)15-6-7-18-2/h3-5,8-9H,6-7H2,1-2H3,(H,15,16). The molecule has 0 unspecified atom stereocenters. The van der Waals surface area contributed by atoms with Crippen LogP contribution in [0.4, 0.5) is 10.3 Å². The number of hydrogen-bond acceptors (Lipinski definition) is 3. The van der Waals surface area contributed by atoms with Crippen LogP contribution < -0.4 is 5.32 Å². The largest absolute Gasteiger partial charge is 0.383 e. The third kappa shape index (κ3) is 2.87. The molecule has 2 aromatic rings. The van der Waals surface area contributed by atoms with Crippen LogP contribution in [0, 0.1) is 12.7 Å². The van der Waals surface area contributed by atoms with Crippen molar-refractivity contribution in [3.63, 3.8) is 0 Å². The molecule has 1 N–H and O–H groups in total. The number of methoxy groups -OCH3 is 1. The van der Waals surface area contributed by atoms with Gasteiger partial charge >= 0.3 is 0 Å². The smallest absolute Gasteiger partial charge is 0.207 e. The zero-order valence-corrected chi connectivity index (χ0v) is 10.5. The second kappa shape index (κ2) is 5.64. The van der Waals surface area contributed by atoms with Crippen LogP contribution in [0.25, 0.3) is 5.69 Å². The Hall–Kier alpha value is -1.88. The van der Waals surface area contributed by atoms with E-state index < -0.39 is 0 Å². The molecule has 0 atom stereocenters. The maximum Gasteiger partial charge on any atom is 0.207 e. The first kappa shape index (κ1) is 12.6. The van der Waals surface area contributed by atoms with E-state index in [2.05, 4.69) is 10.3 Å². The van der Waals surface area contributed by atoms with E-state index in [0.29, 0.717) is 19.1 Å². The van der Waals surface area contributed by atoms with E-state index in [1.54, 1.807) is 13.2 Å². The number of rotatable bonds is 5. The number of hydrogen-bond donors (Lipinski definition) is 1. The van der Waals surface area contributed by atoms with Crippen molar-refractivity contribution in [2.24, 2.45) is 0 Å². The Balaban J connectivity index is 2.26.